The SMILES string of the molecule is CNC(=O)c1cccc(-c2ncc(N3C[C@]4(CC[C@](c5ccccc5)(N(C)C)CC4)NC3=O)cn2)c1. The minimum atomic E-state index is -0.258. The van der Waals surface area contributed by atoms with E-state index in [2.05, 4.69) is 69.9 Å². The molecule has 1 saturated carbocycles. The number of nitrogens with zero attached hydrogens (tertiary/aromatic N) is 4. The molecule has 2 fully saturated rings. The third kappa shape index (κ3) is 4.22. The Morgan fingerprint density at radius 2 is 1.69 bits per heavy atom. The van der Waals surface area contributed by atoms with Gasteiger partial charge < -0.3 is 10.6 Å². The first kappa shape index (κ1) is 23.9. The summed E-state index contributed by atoms with van der Waals surface area (Å²) in [5, 5.41) is 5.91. The highest BCUT2D eigenvalue weighted by Crippen LogP contribution is 2.46. The lowest BCUT2D eigenvalue weighted by molar-refractivity contribution is 0.0658. The molecule has 2 aliphatic rings. The molecular formula is C28H32N6O2. The quantitative estimate of drug-likeness (QED) is 0.575. The smallest absolute Gasteiger partial charge is 0.322 e. The van der Waals surface area contributed by atoms with Gasteiger partial charge >= 0.3 is 6.03 Å². The number of hydrogen-bond acceptors (Lipinski definition) is 5. The van der Waals surface area contributed by atoms with E-state index in [1.54, 1.807) is 42.5 Å². The Hall–Kier alpha value is -3.78. The number of amides is 3. The maximum atomic E-state index is 13.0. The molecule has 1 aliphatic heterocycles. The number of aromatic nitrogens is 2. The van der Waals surface area contributed by atoms with Gasteiger partial charge in [-0.1, -0.05) is 42.5 Å². The van der Waals surface area contributed by atoms with Crippen LogP contribution >= 0.6 is 0 Å². The second-order valence-electron chi connectivity index (χ2n) is 10.0. The average Bonchev–Trinajstić information content (AvgIpc) is 3.24. The van der Waals surface area contributed by atoms with Gasteiger partial charge in [0.1, 0.15) is 0 Å². The largest absolute Gasteiger partial charge is 0.355 e. The molecule has 2 N–H and O–H groups in total. The van der Waals surface area contributed by atoms with Gasteiger partial charge in [0.05, 0.1) is 30.2 Å². The molecule has 8 heteroatoms. The monoisotopic (exact) mass is 484 g/mol. The highest BCUT2D eigenvalue weighted by Gasteiger charge is 2.50. The second-order valence-corrected chi connectivity index (χ2v) is 10.0. The maximum absolute atomic E-state index is 13.0. The number of urea groups is 1. The van der Waals surface area contributed by atoms with Crippen LogP contribution in [-0.4, -0.2) is 60.0 Å². The summed E-state index contributed by atoms with van der Waals surface area (Å²) in [6, 6.07) is 17.7. The Bertz CT molecular complexity index is 1250. The van der Waals surface area contributed by atoms with Gasteiger partial charge in [-0.25, -0.2) is 14.8 Å². The van der Waals surface area contributed by atoms with Gasteiger partial charge in [0.25, 0.3) is 5.91 Å². The van der Waals surface area contributed by atoms with Crippen LogP contribution in [0.4, 0.5) is 10.5 Å². The first-order valence-corrected chi connectivity index (χ1v) is 12.3. The van der Waals surface area contributed by atoms with E-state index in [9.17, 15) is 9.59 Å². The summed E-state index contributed by atoms with van der Waals surface area (Å²) >= 11 is 0. The fraction of sp³-hybridized carbons (Fsp3) is 0.357. The molecule has 2 heterocycles. The van der Waals surface area contributed by atoms with E-state index < -0.39 is 0 Å². The van der Waals surface area contributed by atoms with Crippen molar-refractivity contribution in [1.82, 2.24) is 25.5 Å². The van der Waals surface area contributed by atoms with Crippen LogP contribution in [0.2, 0.25) is 0 Å². The Labute approximate surface area is 211 Å². The third-order valence-electron chi connectivity index (χ3n) is 7.84. The molecule has 8 nitrogen and oxygen atoms in total. The summed E-state index contributed by atoms with van der Waals surface area (Å²) in [5.74, 6) is 0.348. The molecule has 1 saturated heterocycles. The molecule has 3 aromatic rings. The van der Waals surface area contributed by atoms with Crippen LogP contribution in [-0.2, 0) is 5.54 Å². The lowest BCUT2D eigenvalue weighted by Gasteiger charge is -2.48. The zero-order valence-electron chi connectivity index (χ0n) is 21.0. The molecule has 1 aliphatic carbocycles. The summed E-state index contributed by atoms with van der Waals surface area (Å²) in [6.07, 6.45) is 7.10. The van der Waals surface area contributed by atoms with Crippen LogP contribution in [0.5, 0.6) is 0 Å². The van der Waals surface area contributed by atoms with Gasteiger partial charge in [-0.2, -0.15) is 0 Å². The van der Waals surface area contributed by atoms with E-state index in [-0.39, 0.29) is 23.0 Å². The lowest BCUT2D eigenvalue weighted by atomic mass is 9.69. The van der Waals surface area contributed by atoms with E-state index in [1.807, 2.05) is 6.07 Å². The molecule has 1 aromatic heterocycles. The predicted molar refractivity (Wildman–Crippen MR) is 140 cm³/mol. The number of rotatable bonds is 5. The van der Waals surface area contributed by atoms with E-state index in [0.717, 1.165) is 31.2 Å². The molecule has 1 spiro atoms. The van der Waals surface area contributed by atoms with Gasteiger partial charge in [0.2, 0.25) is 0 Å². The molecule has 0 radical (unpaired) electrons. The minimum Gasteiger partial charge on any atom is -0.355 e. The Balaban J connectivity index is 1.32. The van der Waals surface area contributed by atoms with Crippen LogP contribution in [0.25, 0.3) is 11.4 Å². The van der Waals surface area contributed by atoms with Crippen molar-refractivity contribution in [3.8, 4) is 11.4 Å². The van der Waals surface area contributed by atoms with Gasteiger partial charge in [0, 0.05) is 23.7 Å². The molecule has 5 rings (SSSR count). The van der Waals surface area contributed by atoms with Crippen molar-refractivity contribution in [2.45, 2.75) is 36.8 Å². The Morgan fingerprint density at radius 3 is 2.33 bits per heavy atom. The number of nitrogens with one attached hydrogen (secondary N) is 2. The van der Waals surface area contributed by atoms with Crippen LogP contribution in [0, 0.1) is 0 Å². The van der Waals surface area contributed by atoms with E-state index in [4.69, 9.17) is 0 Å². The zero-order valence-corrected chi connectivity index (χ0v) is 21.0. The predicted octanol–water partition coefficient (Wildman–Crippen LogP) is 3.80. The van der Waals surface area contributed by atoms with Crippen LogP contribution in [0.15, 0.2) is 67.0 Å². The Morgan fingerprint density at radius 1 is 1.00 bits per heavy atom. The molecule has 3 amide bonds. The molecule has 2 aromatic carbocycles. The maximum Gasteiger partial charge on any atom is 0.322 e. The minimum absolute atomic E-state index is 0.0291. The number of carbonyl (C=O) groups excluding carboxylic acids is 2. The molecule has 186 valence electrons. The van der Waals surface area contributed by atoms with Crippen molar-refractivity contribution in [2.75, 3.05) is 32.6 Å². The summed E-state index contributed by atoms with van der Waals surface area (Å²) < 4.78 is 0. The number of benzene rings is 2. The fourth-order valence-corrected chi connectivity index (χ4v) is 5.64. The number of hydrogen-bond donors (Lipinski definition) is 2. The second kappa shape index (κ2) is 9.35. The van der Waals surface area contributed by atoms with Crippen LogP contribution in [0.1, 0.15) is 41.6 Å². The summed E-state index contributed by atoms with van der Waals surface area (Å²) in [7, 11) is 5.89. The number of anilines is 1. The first-order valence-electron chi connectivity index (χ1n) is 12.3. The standard InChI is InChI=1S/C28H32N6O2/c1-29-25(35)21-9-7-8-20(16-21)24-30-17-23(18-31-24)34-19-27(32-26(34)36)12-14-28(15-13-27,33(2)3)22-10-5-4-6-11-22/h4-11,16-18H,12-15,19H2,1-3H3,(H,29,35)(H,32,36)/t27-,28+. The van der Waals surface area contributed by atoms with Crippen LogP contribution < -0.4 is 15.5 Å². The molecular weight excluding hydrogens is 452 g/mol. The highest BCUT2D eigenvalue weighted by molar-refractivity contribution is 5.96. The molecule has 0 bridgehead atoms. The summed E-state index contributed by atoms with van der Waals surface area (Å²) in [6.45, 7) is 0.596. The summed E-state index contributed by atoms with van der Waals surface area (Å²) in [4.78, 5) is 38.1. The van der Waals surface area contributed by atoms with Crippen molar-refractivity contribution in [2.24, 2.45) is 0 Å². The van der Waals surface area contributed by atoms with E-state index >= 15 is 0 Å². The lowest BCUT2D eigenvalue weighted by Crippen LogP contribution is -2.54. The van der Waals surface area contributed by atoms with Crippen molar-refractivity contribution >= 4 is 17.6 Å². The van der Waals surface area contributed by atoms with Gasteiger partial charge in [-0.15, -0.1) is 0 Å². The van der Waals surface area contributed by atoms with Gasteiger partial charge in [-0.3, -0.25) is 14.6 Å². The molecule has 36 heavy (non-hydrogen) atoms. The van der Waals surface area contributed by atoms with E-state index in [0.29, 0.717) is 23.6 Å². The van der Waals surface area contributed by atoms with Crippen molar-refractivity contribution in [1.29, 1.82) is 0 Å². The van der Waals surface area contributed by atoms with Crippen molar-refractivity contribution in [3.05, 3.63) is 78.1 Å². The first-order chi connectivity index (χ1) is 17.4. The highest BCUT2D eigenvalue weighted by atomic mass is 16.2. The van der Waals surface area contributed by atoms with Gasteiger partial charge in [-0.05, 0) is 57.5 Å². The normalized spacial score (nSPS) is 23.7. The topological polar surface area (TPSA) is 90.5 Å². The molecule has 0 atom stereocenters. The zero-order chi connectivity index (χ0) is 25.3. The number of carbonyl (C=O) groups is 2. The Kier molecular flexibility index (Phi) is 6.22. The van der Waals surface area contributed by atoms with Crippen molar-refractivity contribution < 1.29 is 9.59 Å². The van der Waals surface area contributed by atoms with Crippen LogP contribution in [0.3, 0.4) is 0 Å². The fourth-order valence-electron chi connectivity index (χ4n) is 5.64. The summed E-state index contributed by atoms with van der Waals surface area (Å²) in [5.41, 5.74) is 3.01. The third-order valence-corrected chi connectivity index (χ3v) is 7.84. The van der Waals surface area contributed by atoms with Crippen molar-refractivity contribution in [3.63, 3.8) is 0 Å². The average molecular weight is 485 g/mol. The van der Waals surface area contributed by atoms with E-state index in [1.165, 1.54) is 5.56 Å². The van der Waals surface area contributed by atoms with Gasteiger partial charge in [0.15, 0.2) is 5.82 Å². The molecule has 0 unspecified atom stereocenters.